The maximum Gasteiger partial charge on any atom is 0.320 e. The van der Waals surface area contributed by atoms with E-state index in [2.05, 4.69) is 86.8 Å². The Kier molecular flexibility index (Phi) is 11.0. The Bertz CT molecular complexity index is 799. The molecule has 0 saturated carbocycles. The van der Waals surface area contributed by atoms with Gasteiger partial charge in [0, 0.05) is 6.04 Å². The van der Waals surface area contributed by atoms with E-state index in [1.54, 1.807) is 0 Å². The molecule has 1 aliphatic heterocycles. The van der Waals surface area contributed by atoms with E-state index in [0.717, 1.165) is 12.8 Å². The molecular formula is C28H43NO4Si. The molecule has 1 fully saturated rings. The van der Waals surface area contributed by atoms with E-state index in [-0.39, 0.29) is 31.3 Å². The molecule has 2 atom stereocenters. The van der Waals surface area contributed by atoms with Crippen LogP contribution in [0.5, 0.6) is 0 Å². The smallest absolute Gasteiger partial charge is 0.320 e. The summed E-state index contributed by atoms with van der Waals surface area (Å²) in [5.41, 5.74) is -0.441. The van der Waals surface area contributed by atoms with Crippen molar-refractivity contribution in [3.8, 4) is 0 Å². The number of nitrogens with one attached hydrogen (secondary N) is 1. The van der Waals surface area contributed by atoms with Crippen molar-refractivity contribution in [2.24, 2.45) is 0 Å². The van der Waals surface area contributed by atoms with E-state index >= 15 is 0 Å². The van der Waals surface area contributed by atoms with Gasteiger partial charge in [-0.05, 0) is 38.7 Å². The molecule has 0 spiro atoms. The van der Waals surface area contributed by atoms with Gasteiger partial charge in [0.25, 0.3) is 0 Å². The number of aliphatic hydroxyl groups excluding tert-OH is 1. The summed E-state index contributed by atoms with van der Waals surface area (Å²) in [5, 5.41) is 15.4. The molecule has 1 heterocycles. The van der Waals surface area contributed by atoms with Gasteiger partial charge in [0.2, 0.25) is 0 Å². The number of carbonyl (C=O) groups is 1. The van der Waals surface area contributed by atoms with E-state index < -0.39 is 14.4 Å². The Morgan fingerprint density at radius 3 is 1.88 bits per heavy atom. The molecule has 2 aromatic carbocycles. The van der Waals surface area contributed by atoms with E-state index in [1.165, 1.54) is 10.4 Å². The SMILES string of the molecule is CC(C)(C)OC(=O)CN[C@@H]1CC[C@@H](CO)OC1.CC(C)(C)[SiH](c1ccccc1)c1ccccc1. The van der Waals surface area contributed by atoms with E-state index in [0.29, 0.717) is 11.6 Å². The molecule has 0 bridgehead atoms. The van der Waals surface area contributed by atoms with Crippen LogP contribution in [0.15, 0.2) is 60.7 Å². The van der Waals surface area contributed by atoms with Crippen molar-refractivity contribution in [2.75, 3.05) is 19.8 Å². The first kappa shape index (κ1) is 28.2. The summed E-state index contributed by atoms with van der Waals surface area (Å²) in [5.74, 6) is -0.248. The van der Waals surface area contributed by atoms with Crippen molar-refractivity contribution < 1.29 is 19.4 Å². The van der Waals surface area contributed by atoms with Gasteiger partial charge >= 0.3 is 5.97 Å². The summed E-state index contributed by atoms with van der Waals surface area (Å²) in [4.78, 5) is 11.5. The van der Waals surface area contributed by atoms with Gasteiger partial charge in [-0.3, -0.25) is 4.79 Å². The van der Waals surface area contributed by atoms with E-state index in [4.69, 9.17) is 14.6 Å². The Morgan fingerprint density at radius 1 is 0.971 bits per heavy atom. The molecule has 2 N–H and O–H groups in total. The molecule has 1 saturated heterocycles. The number of ether oxygens (including phenoxy) is 2. The molecule has 6 heteroatoms. The lowest BCUT2D eigenvalue weighted by molar-refractivity contribution is -0.154. The Hall–Kier alpha value is -1.99. The van der Waals surface area contributed by atoms with Gasteiger partial charge in [-0.2, -0.15) is 0 Å². The van der Waals surface area contributed by atoms with Crippen LogP contribution in [0.25, 0.3) is 0 Å². The Balaban J connectivity index is 0.000000240. The lowest BCUT2D eigenvalue weighted by atomic mass is 10.1. The number of carbonyl (C=O) groups excluding carboxylic acids is 1. The zero-order valence-corrected chi connectivity index (χ0v) is 22.9. The third-order valence-corrected chi connectivity index (χ3v) is 9.50. The Labute approximate surface area is 207 Å². The third-order valence-electron chi connectivity index (χ3n) is 5.66. The van der Waals surface area contributed by atoms with Crippen LogP contribution in [0, 0.1) is 0 Å². The molecular weight excluding hydrogens is 442 g/mol. The number of hydrogen-bond donors (Lipinski definition) is 2. The predicted octanol–water partition coefficient (Wildman–Crippen LogP) is 3.29. The quantitative estimate of drug-likeness (QED) is 0.486. The number of aliphatic hydroxyl groups is 1. The minimum atomic E-state index is -1.14. The second-order valence-corrected chi connectivity index (χ2v) is 14.9. The molecule has 0 radical (unpaired) electrons. The topological polar surface area (TPSA) is 67.8 Å². The monoisotopic (exact) mass is 485 g/mol. The molecule has 0 amide bonds. The zero-order valence-electron chi connectivity index (χ0n) is 21.7. The zero-order chi connectivity index (χ0) is 25.2. The first-order valence-corrected chi connectivity index (χ1v) is 14.0. The molecule has 1 aliphatic rings. The number of hydrogen-bond acceptors (Lipinski definition) is 5. The minimum Gasteiger partial charge on any atom is -0.459 e. The molecule has 5 nitrogen and oxygen atoms in total. The maximum atomic E-state index is 11.5. The normalized spacial score (nSPS) is 18.7. The molecule has 2 aromatic rings. The second-order valence-electron chi connectivity index (χ2n) is 11.0. The fraction of sp³-hybridized carbons (Fsp3) is 0.536. The number of rotatable bonds is 6. The standard InChI is InChI=1S/C16H20Si.C12H23NO4/c1-16(2,3)17(14-10-6-4-7-11-14)15-12-8-5-9-13-15;1-12(2,3)17-11(15)6-13-9-4-5-10(7-14)16-8-9/h4-13,17H,1-3H3;9-10,13-14H,4-8H2,1-3H3/t;9-,10+/m.1/s1. The van der Waals surface area contributed by atoms with Crippen molar-refractivity contribution in [1.82, 2.24) is 5.32 Å². The highest BCUT2D eigenvalue weighted by Gasteiger charge is 2.29. The lowest BCUT2D eigenvalue weighted by Gasteiger charge is -2.30. The fourth-order valence-corrected chi connectivity index (χ4v) is 7.80. The summed E-state index contributed by atoms with van der Waals surface area (Å²) < 4.78 is 10.6. The van der Waals surface area contributed by atoms with Crippen LogP contribution >= 0.6 is 0 Å². The van der Waals surface area contributed by atoms with Gasteiger partial charge in [0.05, 0.1) is 25.9 Å². The first-order valence-electron chi connectivity index (χ1n) is 12.3. The summed E-state index contributed by atoms with van der Waals surface area (Å²) in [6.07, 6.45) is 1.69. The van der Waals surface area contributed by atoms with Gasteiger partial charge < -0.3 is 19.9 Å². The molecule has 188 valence electrons. The third kappa shape index (κ3) is 10.1. The van der Waals surface area contributed by atoms with Crippen molar-refractivity contribution in [2.45, 2.75) is 77.2 Å². The van der Waals surface area contributed by atoms with Crippen molar-refractivity contribution in [3.05, 3.63) is 60.7 Å². The first-order chi connectivity index (χ1) is 16.0. The van der Waals surface area contributed by atoms with Gasteiger partial charge in [0.1, 0.15) is 14.4 Å². The van der Waals surface area contributed by atoms with Gasteiger partial charge in [-0.25, -0.2) is 0 Å². The van der Waals surface area contributed by atoms with Crippen LogP contribution in [0.3, 0.4) is 0 Å². The minimum absolute atomic E-state index is 0.0467. The van der Waals surface area contributed by atoms with Crippen LogP contribution in [0.2, 0.25) is 5.04 Å². The van der Waals surface area contributed by atoms with Crippen LogP contribution < -0.4 is 15.7 Å². The average Bonchev–Trinajstić information content (AvgIpc) is 2.78. The molecule has 0 unspecified atom stereocenters. The van der Waals surface area contributed by atoms with Gasteiger partial charge in [0.15, 0.2) is 0 Å². The molecule has 34 heavy (non-hydrogen) atoms. The maximum absolute atomic E-state index is 11.5. The molecule has 3 rings (SSSR count). The summed E-state index contributed by atoms with van der Waals surface area (Å²) in [7, 11) is -1.14. The summed E-state index contributed by atoms with van der Waals surface area (Å²) in [6, 6.07) is 22.1. The van der Waals surface area contributed by atoms with Gasteiger partial charge in [-0.15, -0.1) is 0 Å². The van der Waals surface area contributed by atoms with E-state index in [1.807, 2.05) is 20.8 Å². The molecule has 0 aliphatic carbocycles. The highest BCUT2D eigenvalue weighted by Crippen LogP contribution is 2.26. The van der Waals surface area contributed by atoms with Crippen LogP contribution in [0.4, 0.5) is 0 Å². The van der Waals surface area contributed by atoms with Crippen LogP contribution in [-0.2, 0) is 14.3 Å². The van der Waals surface area contributed by atoms with Crippen LogP contribution in [0.1, 0.15) is 54.4 Å². The highest BCUT2D eigenvalue weighted by atomic mass is 28.3. The fourth-order valence-electron chi connectivity index (χ4n) is 4.20. The number of esters is 1. The van der Waals surface area contributed by atoms with Crippen molar-refractivity contribution in [3.63, 3.8) is 0 Å². The summed E-state index contributed by atoms with van der Waals surface area (Å²) in [6.45, 7) is 13.4. The number of benzene rings is 2. The summed E-state index contributed by atoms with van der Waals surface area (Å²) >= 11 is 0. The van der Waals surface area contributed by atoms with Crippen LogP contribution in [-0.4, -0.2) is 57.4 Å². The lowest BCUT2D eigenvalue weighted by Crippen LogP contribution is -2.48. The largest absolute Gasteiger partial charge is 0.459 e. The predicted molar refractivity (Wildman–Crippen MR) is 143 cm³/mol. The van der Waals surface area contributed by atoms with Gasteiger partial charge in [-0.1, -0.05) is 91.8 Å². The average molecular weight is 486 g/mol. The van der Waals surface area contributed by atoms with Crippen molar-refractivity contribution in [1.29, 1.82) is 0 Å². The Morgan fingerprint density at radius 2 is 1.50 bits per heavy atom. The van der Waals surface area contributed by atoms with Crippen molar-refractivity contribution >= 4 is 25.1 Å². The highest BCUT2D eigenvalue weighted by molar-refractivity contribution is 6.87. The second kappa shape index (κ2) is 13.2. The molecule has 0 aromatic heterocycles. The van der Waals surface area contributed by atoms with E-state index in [9.17, 15) is 4.79 Å².